The van der Waals surface area contributed by atoms with Gasteiger partial charge in [0.2, 0.25) is 0 Å². The van der Waals surface area contributed by atoms with Crippen molar-refractivity contribution in [1.29, 1.82) is 0 Å². The number of nitrogens with two attached hydrogens (primary N) is 1. The SMILES string of the molecule is COc1ccc(N)c(NC2(CO)CCC(C)CC2)c1. The van der Waals surface area contributed by atoms with Crippen LogP contribution in [-0.4, -0.2) is 24.4 Å². The molecular formula is C15H24N2O2. The molecule has 0 aliphatic heterocycles. The molecule has 0 saturated heterocycles. The Morgan fingerprint density at radius 3 is 2.68 bits per heavy atom. The monoisotopic (exact) mass is 264 g/mol. The molecule has 0 bridgehead atoms. The average molecular weight is 264 g/mol. The topological polar surface area (TPSA) is 67.5 Å². The van der Waals surface area contributed by atoms with Crippen molar-refractivity contribution < 1.29 is 9.84 Å². The number of benzene rings is 1. The molecule has 1 fully saturated rings. The van der Waals surface area contributed by atoms with Gasteiger partial charge in [0, 0.05) is 6.07 Å². The van der Waals surface area contributed by atoms with Crippen molar-refractivity contribution in [3.8, 4) is 5.75 Å². The van der Waals surface area contributed by atoms with Gasteiger partial charge < -0.3 is 20.9 Å². The lowest BCUT2D eigenvalue weighted by atomic mass is 9.77. The highest BCUT2D eigenvalue weighted by atomic mass is 16.5. The zero-order chi connectivity index (χ0) is 13.9. The first-order valence-electron chi connectivity index (χ1n) is 6.91. The van der Waals surface area contributed by atoms with Gasteiger partial charge in [-0.05, 0) is 43.7 Å². The van der Waals surface area contributed by atoms with Crippen molar-refractivity contribution in [2.45, 2.75) is 38.1 Å². The largest absolute Gasteiger partial charge is 0.497 e. The van der Waals surface area contributed by atoms with Crippen LogP contribution in [0.3, 0.4) is 0 Å². The lowest BCUT2D eigenvalue weighted by Gasteiger charge is -2.39. The Kier molecular flexibility index (Phi) is 4.20. The minimum Gasteiger partial charge on any atom is -0.497 e. The maximum Gasteiger partial charge on any atom is 0.121 e. The van der Waals surface area contributed by atoms with Crippen molar-refractivity contribution in [3.63, 3.8) is 0 Å². The third-order valence-corrected chi connectivity index (χ3v) is 4.19. The van der Waals surface area contributed by atoms with E-state index in [2.05, 4.69) is 12.2 Å². The summed E-state index contributed by atoms with van der Waals surface area (Å²) in [7, 11) is 1.64. The number of nitrogens with one attached hydrogen (secondary N) is 1. The summed E-state index contributed by atoms with van der Waals surface area (Å²) in [4.78, 5) is 0. The van der Waals surface area contributed by atoms with Crippen molar-refractivity contribution in [2.75, 3.05) is 24.8 Å². The van der Waals surface area contributed by atoms with Crippen LogP contribution in [0.15, 0.2) is 18.2 Å². The molecule has 0 amide bonds. The van der Waals surface area contributed by atoms with Crippen LogP contribution in [0.5, 0.6) is 5.75 Å². The molecule has 0 aromatic heterocycles. The maximum atomic E-state index is 9.77. The Bertz CT molecular complexity index is 426. The van der Waals surface area contributed by atoms with Crippen molar-refractivity contribution in [2.24, 2.45) is 5.92 Å². The Labute approximate surface area is 115 Å². The van der Waals surface area contributed by atoms with E-state index in [4.69, 9.17) is 10.5 Å². The van der Waals surface area contributed by atoms with Gasteiger partial charge in [-0.2, -0.15) is 0 Å². The van der Waals surface area contributed by atoms with E-state index in [1.807, 2.05) is 18.2 Å². The molecule has 4 N–H and O–H groups in total. The molecule has 1 aliphatic carbocycles. The van der Waals surface area contributed by atoms with Crippen LogP contribution in [0.25, 0.3) is 0 Å². The Morgan fingerprint density at radius 2 is 2.11 bits per heavy atom. The van der Waals surface area contributed by atoms with E-state index in [0.29, 0.717) is 5.69 Å². The minimum absolute atomic E-state index is 0.135. The van der Waals surface area contributed by atoms with Crippen LogP contribution < -0.4 is 15.8 Å². The molecule has 1 saturated carbocycles. The number of hydrogen-bond donors (Lipinski definition) is 3. The van der Waals surface area contributed by atoms with Crippen LogP contribution in [-0.2, 0) is 0 Å². The Morgan fingerprint density at radius 1 is 1.42 bits per heavy atom. The van der Waals surface area contributed by atoms with Gasteiger partial charge in [0.1, 0.15) is 5.75 Å². The predicted molar refractivity (Wildman–Crippen MR) is 78.5 cm³/mol. The van der Waals surface area contributed by atoms with E-state index >= 15 is 0 Å². The van der Waals surface area contributed by atoms with Gasteiger partial charge in [0.15, 0.2) is 0 Å². The summed E-state index contributed by atoms with van der Waals surface area (Å²) in [6.45, 7) is 2.40. The predicted octanol–water partition coefficient (Wildman–Crippen LogP) is 2.63. The van der Waals surface area contributed by atoms with Gasteiger partial charge >= 0.3 is 0 Å². The highest BCUT2D eigenvalue weighted by Crippen LogP contribution is 2.36. The fraction of sp³-hybridized carbons (Fsp3) is 0.600. The number of ether oxygens (including phenoxy) is 1. The molecule has 2 rings (SSSR count). The molecule has 0 radical (unpaired) electrons. The molecule has 19 heavy (non-hydrogen) atoms. The quantitative estimate of drug-likeness (QED) is 0.731. The number of nitrogen functional groups attached to an aromatic ring is 1. The second-order valence-corrected chi connectivity index (χ2v) is 5.70. The van der Waals surface area contributed by atoms with Crippen LogP contribution in [0.2, 0.25) is 0 Å². The molecule has 106 valence electrons. The van der Waals surface area contributed by atoms with Crippen molar-refractivity contribution in [3.05, 3.63) is 18.2 Å². The number of hydrogen-bond acceptors (Lipinski definition) is 4. The number of aliphatic hydroxyl groups is 1. The summed E-state index contributed by atoms with van der Waals surface area (Å²) in [5.74, 6) is 1.51. The third kappa shape index (κ3) is 3.13. The molecule has 0 heterocycles. The lowest BCUT2D eigenvalue weighted by Crippen LogP contribution is -2.45. The zero-order valence-electron chi connectivity index (χ0n) is 11.8. The van der Waals surface area contributed by atoms with E-state index in [1.165, 1.54) is 0 Å². The summed E-state index contributed by atoms with van der Waals surface area (Å²) in [6.07, 6.45) is 4.22. The fourth-order valence-corrected chi connectivity index (χ4v) is 2.69. The van der Waals surface area contributed by atoms with Gasteiger partial charge in [-0.1, -0.05) is 6.92 Å². The Hall–Kier alpha value is -1.42. The van der Waals surface area contributed by atoms with Crippen LogP contribution >= 0.6 is 0 Å². The second kappa shape index (κ2) is 5.70. The molecule has 0 spiro atoms. The highest BCUT2D eigenvalue weighted by Gasteiger charge is 2.33. The molecule has 0 unspecified atom stereocenters. The van der Waals surface area contributed by atoms with Crippen molar-refractivity contribution in [1.82, 2.24) is 0 Å². The van der Waals surface area contributed by atoms with Gasteiger partial charge in [-0.15, -0.1) is 0 Å². The third-order valence-electron chi connectivity index (χ3n) is 4.19. The zero-order valence-corrected chi connectivity index (χ0v) is 11.8. The highest BCUT2D eigenvalue weighted by molar-refractivity contribution is 5.69. The lowest BCUT2D eigenvalue weighted by molar-refractivity contribution is 0.155. The van der Waals surface area contributed by atoms with E-state index in [-0.39, 0.29) is 12.1 Å². The van der Waals surface area contributed by atoms with E-state index in [1.54, 1.807) is 7.11 Å². The van der Waals surface area contributed by atoms with Crippen LogP contribution in [0, 0.1) is 5.92 Å². The van der Waals surface area contributed by atoms with Gasteiger partial charge in [-0.25, -0.2) is 0 Å². The van der Waals surface area contributed by atoms with E-state index in [9.17, 15) is 5.11 Å². The number of rotatable bonds is 4. The first-order chi connectivity index (χ1) is 9.08. The first kappa shape index (κ1) is 14.0. The standard InChI is InChI=1S/C15H24N2O2/c1-11-5-7-15(10-18,8-6-11)17-14-9-12(19-2)3-4-13(14)16/h3-4,9,11,17-18H,5-8,10,16H2,1-2H3. The van der Waals surface area contributed by atoms with Crippen LogP contribution in [0.1, 0.15) is 32.6 Å². The summed E-state index contributed by atoms with van der Waals surface area (Å²) in [5, 5.41) is 13.2. The van der Waals surface area contributed by atoms with Crippen LogP contribution in [0.4, 0.5) is 11.4 Å². The van der Waals surface area contributed by atoms with E-state index < -0.39 is 0 Å². The molecule has 0 atom stereocenters. The minimum atomic E-state index is -0.243. The first-order valence-corrected chi connectivity index (χ1v) is 6.91. The number of methoxy groups -OCH3 is 1. The maximum absolute atomic E-state index is 9.77. The smallest absolute Gasteiger partial charge is 0.121 e. The van der Waals surface area contributed by atoms with Gasteiger partial charge in [-0.3, -0.25) is 0 Å². The molecule has 1 aliphatic rings. The summed E-state index contributed by atoms with van der Waals surface area (Å²) in [6, 6.07) is 5.57. The molecule has 4 heteroatoms. The second-order valence-electron chi connectivity index (χ2n) is 5.70. The average Bonchev–Trinajstić information content (AvgIpc) is 2.44. The Balaban J connectivity index is 2.18. The summed E-state index contributed by atoms with van der Waals surface area (Å²) in [5.41, 5.74) is 7.30. The molecule has 1 aromatic carbocycles. The summed E-state index contributed by atoms with van der Waals surface area (Å²) < 4.78 is 5.22. The normalized spacial score (nSPS) is 27.0. The molecule has 1 aromatic rings. The number of anilines is 2. The summed E-state index contributed by atoms with van der Waals surface area (Å²) >= 11 is 0. The van der Waals surface area contributed by atoms with E-state index in [0.717, 1.165) is 43.0 Å². The molecule has 4 nitrogen and oxygen atoms in total. The van der Waals surface area contributed by atoms with Crippen molar-refractivity contribution >= 4 is 11.4 Å². The van der Waals surface area contributed by atoms with Gasteiger partial charge in [0.05, 0.1) is 30.6 Å². The fourth-order valence-electron chi connectivity index (χ4n) is 2.69. The molecular weight excluding hydrogens is 240 g/mol. The number of aliphatic hydroxyl groups excluding tert-OH is 1. The van der Waals surface area contributed by atoms with Gasteiger partial charge in [0.25, 0.3) is 0 Å².